The van der Waals surface area contributed by atoms with Gasteiger partial charge in [0.25, 0.3) is 0 Å². The van der Waals surface area contributed by atoms with Crippen molar-refractivity contribution in [1.82, 2.24) is 26.0 Å². The highest BCUT2D eigenvalue weighted by Crippen LogP contribution is 2.11. The van der Waals surface area contributed by atoms with E-state index in [1.807, 2.05) is 13.8 Å². The van der Waals surface area contributed by atoms with Crippen LogP contribution in [0.5, 0.6) is 0 Å². The van der Waals surface area contributed by atoms with E-state index >= 15 is 0 Å². The average molecular weight is 308 g/mol. The smallest absolute Gasteiger partial charge is 0.324 e. The lowest BCUT2D eigenvalue weighted by molar-refractivity contribution is -0.124. The first-order valence-corrected chi connectivity index (χ1v) is 6.97. The van der Waals surface area contributed by atoms with Crippen molar-refractivity contribution < 1.29 is 14.1 Å². The number of aliphatic imine (C=N–C) groups is 1. The zero-order chi connectivity index (χ0) is 16.1. The zero-order valence-electron chi connectivity index (χ0n) is 12.9. The van der Waals surface area contributed by atoms with Gasteiger partial charge in [-0.1, -0.05) is 5.16 Å². The number of carbonyl (C=O) groups excluding carboxylic acids is 2. The molecule has 0 radical (unpaired) electrons. The quantitative estimate of drug-likeness (QED) is 0.384. The van der Waals surface area contributed by atoms with E-state index in [1.54, 1.807) is 7.05 Å². The van der Waals surface area contributed by atoms with E-state index in [4.69, 9.17) is 4.52 Å². The molecule has 1 fully saturated rings. The maximum atomic E-state index is 11.4. The number of aromatic nitrogens is 1. The Bertz CT molecular complexity index is 559. The number of amides is 3. The predicted molar refractivity (Wildman–Crippen MR) is 79.3 cm³/mol. The number of nitrogens with zero attached hydrogens (tertiary/aromatic N) is 3. The van der Waals surface area contributed by atoms with Gasteiger partial charge in [0.15, 0.2) is 5.96 Å². The third-order valence-electron chi connectivity index (χ3n) is 3.40. The Balaban J connectivity index is 1.78. The van der Waals surface area contributed by atoms with Crippen LogP contribution >= 0.6 is 0 Å². The molecule has 3 N–H and O–H groups in total. The van der Waals surface area contributed by atoms with E-state index in [-0.39, 0.29) is 25.0 Å². The maximum absolute atomic E-state index is 11.4. The van der Waals surface area contributed by atoms with Gasteiger partial charge in [-0.05, 0) is 13.8 Å². The molecule has 22 heavy (non-hydrogen) atoms. The molecule has 2 rings (SSSR count). The van der Waals surface area contributed by atoms with Gasteiger partial charge in [0, 0.05) is 32.2 Å². The van der Waals surface area contributed by atoms with Crippen molar-refractivity contribution in [2.45, 2.75) is 20.4 Å². The molecule has 120 valence electrons. The number of urea groups is 1. The number of hydrogen-bond acceptors (Lipinski definition) is 5. The minimum atomic E-state index is -0.356. The fraction of sp³-hybridized carbons (Fsp3) is 0.538. The Hall–Kier alpha value is -2.58. The highest BCUT2D eigenvalue weighted by atomic mass is 16.5. The fourth-order valence-electron chi connectivity index (χ4n) is 2.11. The monoisotopic (exact) mass is 308 g/mol. The summed E-state index contributed by atoms with van der Waals surface area (Å²) < 4.78 is 5.09. The molecule has 0 aliphatic carbocycles. The molecular formula is C13H20N6O3. The standard InChI is InChI=1S/C13H20N6O3/c1-8-10(9(2)22-18-8)6-16-12(14-3)15-4-5-19-11(20)7-17-13(19)21/h4-7H2,1-3H3,(H,17,21)(H2,14,15,16). The number of rotatable bonds is 5. The van der Waals surface area contributed by atoms with Crippen LogP contribution < -0.4 is 16.0 Å². The van der Waals surface area contributed by atoms with Crippen LogP contribution in [0.3, 0.4) is 0 Å². The normalized spacial score (nSPS) is 15.2. The van der Waals surface area contributed by atoms with E-state index in [1.165, 1.54) is 4.90 Å². The van der Waals surface area contributed by atoms with Crippen molar-refractivity contribution in [2.75, 3.05) is 26.7 Å². The lowest BCUT2D eigenvalue weighted by Crippen LogP contribution is -2.43. The van der Waals surface area contributed by atoms with Crippen LogP contribution in [0.4, 0.5) is 4.79 Å². The summed E-state index contributed by atoms with van der Waals surface area (Å²) in [4.78, 5) is 28.1. The summed E-state index contributed by atoms with van der Waals surface area (Å²) in [5, 5.41) is 12.6. The molecule has 0 spiro atoms. The minimum absolute atomic E-state index is 0.0673. The van der Waals surface area contributed by atoms with Gasteiger partial charge in [-0.3, -0.25) is 14.7 Å². The second-order valence-corrected chi connectivity index (χ2v) is 4.86. The fourth-order valence-corrected chi connectivity index (χ4v) is 2.11. The number of carbonyl (C=O) groups is 2. The SMILES string of the molecule is CN=C(NCCN1C(=O)CNC1=O)NCc1c(C)noc1C. The van der Waals surface area contributed by atoms with Gasteiger partial charge >= 0.3 is 6.03 Å². The molecule has 1 aliphatic rings. The van der Waals surface area contributed by atoms with Gasteiger partial charge in [-0.15, -0.1) is 0 Å². The molecule has 2 heterocycles. The van der Waals surface area contributed by atoms with Crippen LogP contribution in [-0.2, 0) is 11.3 Å². The Morgan fingerprint density at radius 1 is 1.41 bits per heavy atom. The van der Waals surface area contributed by atoms with Crippen molar-refractivity contribution in [3.63, 3.8) is 0 Å². The Morgan fingerprint density at radius 2 is 2.18 bits per heavy atom. The van der Waals surface area contributed by atoms with Crippen LogP contribution in [0, 0.1) is 13.8 Å². The summed E-state index contributed by atoms with van der Waals surface area (Å²) in [6.07, 6.45) is 0. The number of imide groups is 1. The lowest BCUT2D eigenvalue weighted by Gasteiger charge is -2.15. The molecular weight excluding hydrogens is 288 g/mol. The molecule has 0 unspecified atom stereocenters. The van der Waals surface area contributed by atoms with Gasteiger partial charge in [0.2, 0.25) is 5.91 Å². The van der Waals surface area contributed by atoms with E-state index in [9.17, 15) is 9.59 Å². The molecule has 1 aromatic rings. The molecule has 0 atom stereocenters. The third-order valence-corrected chi connectivity index (χ3v) is 3.40. The third kappa shape index (κ3) is 3.54. The average Bonchev–Trinajstić information content (AvgIpc) is 2.99. The van der Waals surface area contributed by atoms with Crippen molar-refractivity contribution in [3.05, 3.63) is 17.0 Å². The van der Waals surface area contributed by atoms with Crippen LogP contribution in [0.1, 0.15) is 17.0 Å². The van der Waals surface area contributed by atoms with Gasteiger partial charge in [-0.2, -0.15) is 0 Å². The Morgan fingerprint density at radius 3 is 2.73 bits per heavy atom. The minimum Gasteiger partial charge on any atom is -0.361 e. The van der Waals surface area contributed by atoms with Crippen LogP contribution in [0.25, 0.3) is 0 Å². The van der Waals surface area contributed by atoms with Crippen molar-refractivity contribution >= 4 is 17.9 Å². The van der Waals surface area contributed by atoms with Gasteiger partial charge in [0.1, 0.15) is 5.76 Å². The van der Waals surface area contributed by atoms with Crippen LogP contribution in [-0.4, -0.2) is 54.6 Å². The highest BCUT2D eigenvalue weighted by molar-refractivity contribution is 6.01. The first kappa shape index (κ1) is 15.8. The molecule has 9 heteroatoms. The number of aryl methyl sites for hydroxylation is 2. The largest absolute Gasteiger partial charge is 0.361 e. The van der Waals surface area contributed by atoms with Gasteiger partial charge < -0.3 is 20.5 Å². The highest BCUT2D eigenvalue weighted by Gasteiger charge is 2.27. The molecule has 1 aliphatic heterocycles. The molecule has 1 aromatic heterocycles. The maximum Gasteiger partial charge on any atom is 0.324 e. The molecule has 0 aromatic carbocycles. The summed E-state index contributed by atoms with van der Waals surface area (Å²) in [7, 11) is 1.65. The Labute approximate surface area is 128 Å². The molecule has 9 nitrogen and oxygen atoms in total. The predicted octanol–water partition coefficient (Wildman–Crippen LogP) is -0.492. The van der Waals surface area contributed by atoms with Crippen LogP contribution in [0.2, 0.25) is 0 Å². The van der Waals surface area contributed by atoms with Crippen molar-refractivity contribution in [1.29, 1.82) is 0 Å². The lowest BCUT2D eigenvalue weighted by atomic mass is 10.2. The van der Waals surface area contributed by atoms with E-state index in [0.717, 1.165) is 17.0 Å². The van der Waals surface area contributed by atoms with Crippen molar-refractivity contribution in [3.8, 4) is 0 Å². The van der Waals surface area contributed by atoms with Gasteiger partial charge in [-0.25, -0.2) is 4.79 Å². The second-order valence-electron chi connectivity index (χ2n) is 4.86. The summed E-state index contributed by atoms with van der Waals surface area (Å²) in [6, 6.07) is -0.356. The molecule has 3 amide bonds. The zero-order valence-corrected chi connectivity index (χ0v) is 12.9. The van der Waals surface area contributed by atoms with E-state index < -0.39 is 0 Å². The number of guanidine groups is 1. The van der Waals surface area contributed by atoms with Crippen LogP contribution in [0.15, 0.2) is 9.52 Å². The van der Waals surface area contributed by atoms with Gasteiger partial charge in [0.05, 0.1) is 12.2 Å². The second kappa shape index (κ2) is 6.92. The summed E-state index contributed by atoms with van der Waals surface area (Å²) in [5.74, 6) is 1.12. The topological polar surface area (TPSA) is 112 Å². The first-order valence-electron chi connectivity index (χ1n) is 6.97. The first-order chi connectivity index (χ1) is 10.5. The summed E-state index contributed by atoms with van der Waals surface area (Å²) in [6.45, 7) is 5.03. The van der Waals surface area contributed by atoms with Crippen molar-refractivity contribution in [2.24, 2.45) is 4.99 Å². The Kier molecular flexibility index (Phi) is 4.97. The number of nitrogens with one attached hydrogen (secondary N) is 3. The summed E-state index contributed by atoms with van der Waals surface area (Å²) >= 11 is 0. The van der Waals surface area contributed by atoms with E-state index in [0.29, 0.717) is 19.0 Å². The number of hydrogen-bond donors (Lipinski definition) is 3. The molecule has 1 saturated heterocycles. The molecule has 0 saturated carbocycles. The molecule has 0 bridgehead atoms. The summed E-state index contributed by atoms with van der Waals surface area (Å²) in [5.41, 5.74) is 1.82. The van der Waals surface area contributed by atoms with E-state index in [2.05, 4.69) is 26.1 Å².